The van der Waals surface area contributed by atoms with E-state index in [2.05, 4.69) is 43.6 Å². The number of nitrogens with two attached hydrogens (primary N) is 1. The van der Waals surface area contributed by atoms with Crippen LogP contribution in [-0.4, -0.2) is 31.3 Å². The minimum atomic E-state index is -0.0560. The van der Waals surface area contributed by atoms with E-state index in [1.54, 1.807) is 16.6 Å². The maximum Gasteiger partial charge on any atom is 0.160 e. The molecule has 8 heteroatoms. The number of rotatable bonds is 4. The van der Waals surface area contributed by atoms with Crippen molar-refractivity contribution in [2.24, 2.45) is 5.73 Å². The number of nitrogens with one attached hydrogen (secondary N) is 2. The van der Waals surface area contributed by atoms with Crippen molar-refractivity contribution in [2.75, 3.05) is 10.6 Å². The summed E-state index contributed by atoms with van der Waals surface area (Å²) < 4.78 is 2.58. The number of phenolic OH excluding ortho intramolecular Hbond substituents is 1. The lowest BCUT2D eigenvalue weighted by Gasteiger charge is -2.34. The van der Waals surface area contributed by atoms with Crippen molar-refractivity contribution in [1.29, 1.82) is 0 Å². The molecular formula is C19H23BrN6O. The first kappa shape index (κ1) is 18.1. The summed E-state index contributed by atoms with van der Waals surface area (Å²) in [6.45, 7) is 2.13. The standard InChI is InChI=1S/C19H23BrN6O/c1-19(21)5-2-13(3-6-19)24-16-4-7-26-17(16)18(22-11-23-26)25-14-8-12(20)9-15(27)10-14/h4,7-11,13,24,27H,2-3,5-6,21H2,1H3,(H,22,23,25). The Morgan fingerprint density at radius 2 is 2.07 bits per heavy atom. The molecule has 3 aromatic rings. The lowest BCUT2D eigenvalue weighted by Crippen LogP contribution is -2.42. The van der Waals surface area contributed by atoms with Crippen LogP contribution in [0.15, 0.2) is 41.3 Å². The summed E-state index contributed by atoms with van der Waals surface area (Å²) in [6, 6.07) is 7.58. The third-order valence-corrected chi connectivity index (χ3v) is 5.54. The Balaban J connectivity index is 1.61. The summed E-state index contributed by atoms with van der Waals surface area (Å²) in [6.07, 6.45) is 7.53. The van der Waals surface area contributed by atoms with Crippen molar-refractivity contribution in [3.63, 3.8) is 0 Å². The van der Waals surface area contributed by atoms with Crippen LogP contribution in [0.5, 0.6) is 5.75 Å². The lowest BCUT2D eigenvalue weighted by atomic mass is 9.81. The summed E-state index contributed by atoms with van der Waals surface area (Å²) in [5.74, 6) is 0.854. The van der Waals surface area contributed by atoms with Gasteiger partial charge in [0.05, 0.1) is 5.69 Å². The van der Waals surface area contributed by atoms with Gasteiger partial charge in [-0.05, 0) is 50.8 Å². The Morgan fingerprint density at radius 1 is 1.30 bits per heavy atom. The average Bonchev–Trinajstić information content (AvgIpc) is 3.00. The molecule has 0 atom stereocenters. The van der Waals surface area contributed by atoms with Crippen molar-refractivity contribution < 1.29 is 5.11 Å². The second kappa shape index (κ2) is 7.01. The average molecular weight is 431 g/mol. The van der Waals surface area contributed by atoms with E-state index in [4.69, 9.17) is 5.73 Å². The third-order valence-electron chi connectivity index (χ3n) is 5.09. The normalized spacial score (nSPS) is 22.7. The van der Waals surface area contributed by atoms with Crippen LogP contribution in [0, 0.1) is 0 Å². The van der Waals surface area contributed by atoms with E-state index >= 15 is 0 Å². The molecule has 1 aliphatic rings. The molecule has 2 aromatic heterocycles. The number of aromatic hydroxyl groups is 1. The SMILES string of the molecule is CC1(N)CCC(Nc2ccn3ncnc(Nc4cc(O)cc(Br)c4)c23)CC1. The summed E-state index contributed by atoms with van der Waals surface area (Å²) in [5.41, 5.74) is 8.80. The largest absolute Gasteiger partial charge is 0.508 e. The Bertz CT molecular complexity index is 940. The number of fused-ring (bicyclic) bond motifs is 1. The van der Waals surface area contributed by atoms with Crippen molar-refractivity contribution in [3.8, 4) is 5.75 Å². The first-order valence-corrected chi connectivity index (χ1v) is 9.83. The van der Waals surface area contributed by atoms with Crippen LogP contribution >= 0.6 is 15.9 Å². The summed E-state index contributed by atoms with van der Waals surface area (Å²) in [7, 11) is 0. The van der Waals surface area contributed by atoms with Gasteiger partial charge in [0.2, 0.25) is 0 Å². The van der Waals surface area contributed by atoms with Gasteiger partial charge in [0.15, 0.2) is 5.82 Å². The molecule has 0 unspecified atom stereocenters. The maximum atomic E-state index is 9.83. The first-order chi connectivity index (χ1) is 12.9. The van der Waals surface area contributed by atoms with Gasteiger partial charge in [-0.15, -0.1) is 0 Å². The zero-order chi connectivity index (χ0) is 19.0. The van der Waals surface area contributed by atoms with E-state index in [-0.39, 0.29) is 11.3 Å². The monoisotopic (exact) mass is 430 g/mol. The quantitative estimate of drug-likeness (QED) is 0.498. The molecule has 1 aromatic carbocycles. The molecule has 27 heavy (non-hydrogen) atoms. The first-order valence-electron chi connectivity index (χ1n) is 9.04. The fraction of sp³-hybridized carbons (Fsp3) is 0.368. The van der Waals surface area contributed by atoms with Crippen LogP contribution in [-0.2, 0) is 0 Å². The van der Waals surface area contributed by atoms with Gasteiger partial charge in [-0.2, -0.15) is 5.10 Å². The summed E-state index contributed by atoms with van der Waals surface area (Å²) in [5, 5.41) is 21.0. The molecule has 0 saturated heterocycles. The van der Waals surface area contributed by atoms with E-state index in [1.165, 1.54) is 6.33 Å². The van der Waals surface area contributed by atoms with Crippen molar-refractivity contribution >= 4 is 38.6 Å². The highest BCUT2D eigenvalue weighted by atomic mass is 79.9. The van der Waals surface area contributed by atoms with Crippen LogP contribution in [0.4, 0.5) is 17.2 Å². The number of hydrogen-bond donors (Lipinski definition) is 4. The predicted molar refractivity (Wildman–Crippen MR) is 111 cm³/mol. The van der Waals surface area contributed by atoms with Crippen LogP contribution in [0.25, 0.3) is 5.52 Å². The zero-order valence-corrected chi connectivity index (χ0v) is 16.7. The Morgan fingerprint density at radius 3 is 2.81 bits per heavy atom. The maximum absolute atomic E-state index is 9.83. The number of aromatic nitrogens is 3. The molecule has 0 aliphatic heterocycles. The summed E-state index contributed by atoms with van der Waals surface area (Å²) in [4.78, 5) is 4.41. The molecule has 1 saturated carbocycles. The molecule has 0 bridgehead atoms. The number of hydrogen-bond acceptors (Lipinski definition) is 6. The fourth-order valence-electron chi connectivity index (χ4n) is 3.59. The smallest absolute Gasteiger partial charge is 0.160 e. The van der Waals surface area contributed by atoms with Gasteiger partial charge in [0, 0.05) is 34.0 Å². The van der Waals surface area contributed by atoms with Crippen molar-refractivity contribution in [2.45, 2.75) is 44.2 Å². The van der Waals surface area contributed by atoms with E-state index in [0.29, 0.717) is 11.9 Å². The molecular weight excluding hydrogens is 408 g/mol. The minimum Gasteiger partial charge on any atom is -0.508 e. The van der Waals surface area contributed by atoms with Gasteiger partial charge in [0.25, 0.3) is 0 Å². The van der Waals surface area contributed by atoms with Gasteiger partial charge in [0.1, 0.15) is 17.6 Å². The van der Waals surface area contributed by atoms with E-state index in [0.717, 1.165) is 47.0 Å². The number of phenols is 1. The molecule has 2 heterocycles. The molecule has 1 fully saturated rings. The number of anilines is 3. The van der Waals surface area contributed by atoms with Gasteiger partial charge in [-0.3, -0.25) is 0 Å². The molecule has 0 spiro atoms. The topological polar surface area (TPSA) is 100 Å². The number of benzene rings is 1. The summed E-state index contributed by atoms with van der Waals surface area (Å²) >= 11 is 3.40. The second-order valence-corrected chi connectivity index (χ2v) is 8.44. The molecule has 7 nitrogen and oxygen atoms in total. The third kappa shape index (κ3) is 4.01. The highest BCUT2D eigenvalue weighted by Crippen LogP contribution is 2.32. The highest BCUT2D eigenvalue weighted by Gasteiger charge is 2.27. The van der Waals surface area contributed by atoms with Crippen LogP contribution in [0.2, 0.25) is 0 Å². The van der Waals surface area contributed by atoms with E-state index < -0.39 is 0 Å². The fourth-order valence-corrected chi connectivity index (χ4v) is 4.07. The molecule has 0 amide bonds. The van der Waals surface area contributed by atoms with Crippen molar-refractivity contribution in [1.82, 2.24) is 14.6 Å². The number of nitrogens with zero attached hydrogens (tertiary/aromatic N) is 3. The second-order valence-electron chi connectivity index (χ2n) is 7.53. The molecule has 1 aliphatic carbocycles. The van der Waals surface area contributed by atoms with Gasteiger partial charge in [-0.1, -0.05) is 15.9 Å². The number of halogens is 1. The van der Waals surface area contributed by atoms with E-state index in [9.17, 15) is 5.11 Å². The molecule has 142 valence electrons. The minimum absolute atomic E-state index is 0.0560. The van der Waals surface area contributed by atoms with Gasteiger partial charge < -0.3 is 21.5 Å². The Labute approximate surface area is 166 Å². The lowest BCUT2D eigenvalue weighted by molar-refractivity contribution is 0.305. The Kier molecular flexibility index (Phi) is 4.69. The van der Waals surface area contributed by atoms with Crippen LogP contribution in [0.3, 0.4) is 0 Å². The van der Waals surface area contributed by atoms with Crippen molar-refractivity contribution in [3.05, 3.63) is 41.3 Å². The molecule has 4 rings (SSSR count). The van der Waals surface area contributed by atoms with Crippen LogP contribution in [0.1, 0.15) is 32.6 Å². The molecule has 0 radical (unpaired) electrons. The van der Waals surface area contributed by atoms with Gasteiger partial charge in [-0.25, -0.2) is 9.50 Å². The van der Waals surface area contributed by atoms with E-state index in [1.807, 2.05) is 18.3 Å². The predicted octanol–water partition coefficient (Wildman–Crippen LogP) is 4.01. The highest BCUT2D eigenvalue weighted by molar-refractivity contribution is 9.10. The molecule has 5 N–H and O–H groups in total. The van der Waals surface area contributed by atoms with Gasteiger partial charge >= 0.3 is 0 Å². The Hall–Kier alpha value is -2.32. The zero-order valence-electron chi connectivity index (χ0n) is 15.1. The van der Waals surface area contributed by atoms with Crippen LogP contribution < -0.4 is 16.4 Å².